The third-order valence-electron chi connectivity index (χ3n) is 6.50. The zero-order valence-corrected chi connectivity index (χ0v) is 17.8. The maximum atomic E-state index is 12.5. The lowest BCUT2D eigenvalue weighted by molar-refractivity contribution is -0.300. The second-order valence-corrected chi connectivity index (χ2v) is 8.54. The van der Waals surface area contributed by atoms with Crippen LogP contribution in [0.25, 0.3) is 0 Å². The molecule has 3 aliphatic rings. The summed E-state index contributed by atoms with van der Waals surface area (Å²) < 4.78 is 16.1. The molecule has 0 bridgehead atoms. The summed E-state index contributed by atoms with van der Waals surface area (Å²) >= 11 is 0. The Morgan fingerprint density at radius 3 is 2.72 bits per heavy atom. The summed E-state index contributed by atoms with van der Waals surface area (Å²) in [5, 5.41) is 41.5. The average molecular weight is 451 g/mol. The number of carbonyl (C=O) groups excluding carboxylic acids is 1. The second-order valence-electron chi connectivity index (χ2n) is 8.54. The van der Waals surface area contributed by atoms with E-state index in [0.29, 0.717) is 19.1 Å². The van der Waals surface area contributed by atoms with Crippen LogP contribution in [-0.4, -0.2) is 82.3 Å². The van der Waals surface area contributed by atoms with Gasteiger partial charge in [0, 0.05) is 18.5 Å². The second kappa shape index (κ2) is 9.32. The number of carboxylic acid groups (broad SMARTS) is 1. The number of hydrogen-bond donors (Lipinski definition) is 5. The summed E-state index contributed by atoms with van der Waals surface area (Å²) in [6.07, 6.45) is -6.00. The van der Waals surface area contributed by atoms with E-state index in [9.17, 15) is 24.9 Å². The molecule has 0 saturated carbocycles. The first-order valence-corrected chi connectivity index (χ1v) is 10.9. The van der Waals surface area contributed by atoms with Crippen molar-refractivity contribution in [2.75, 3.05) is 13.2 Å². The number of ether oxygens (including phenoxy) is 3. The lowest BCUT2D eigenvalue weighted by Crippen LogP contribution is -2.61. The van der Waals surface area contributed by atoms with E-state index in [1.807, 2.05) is 6.07 Å². The molecule has 0 radical (unpaired) electrons. The minimum absolute atomic E-state index is 0.342. The van der Waals surface area contributed by atoms with Gasteiger partial charge < -0.3 is 40.0 Å². The van der Waals surface area contributed by atoms with E-state index in [-0.39, 0.29) is 0 Å². The number of amides is 1. The van der Waals surface area contributed by atoms with E-state index < -0.39 is 48.7 Å². The predicted octanol–water partition coefficient (Wildman–Crippen LogP) is -0.545. The number of rotatable bonds is 7. The number of nitrogens with one attached hydrogen (secondary N) is 1. The number of hydrogen-bond acceptors (Lipinski definition) is 8. The molecule has 176 valence electrons. The fourth-order valence-corrected chi connectivity index (χ4v) is 4.78. The van der Waals surface area contributed by atoms with Gasteiger partial charge in [-0.25, -0.2) is 4.79 Å². The Bertz CT molecular complexity index is 875. The van der Waals surface area contributed by atoms with Crippen LogP contribution >= 0.6 is 0 Å². The van der Waals surface area contributed by atoms with E-state index in [1.54, 1.807) is 0 Å². The summed E-state index contributed by atoms with van der Waals surface area (Å²) in [4.78, 5) is 23.7. The summed E-state index contributed by atoms with van der Waals surface area (Å²) in [7, 11) is 0. The van der Waals surface area contributed by atoms with Crippen molar-refractivity contribution in [3.8, 4) is 5.75 Å². The molecular formula is C22H29NO9. The van der Waals surface area contributed by atoms with Crippen molar-refractivity contribution in [3.63, 3.8) is 0 Å². The number of aliphatic hydroxyl groups is 3. The first-order chi connectivity index (χ1) is 15.3. The fourth-order valence-electron chi connectivity index (χ4n) is 4.78. The molecule has 1 fully saturated rings. The number of aliphatic carboxylic acids is 1. The van der Waals surface area contributed by atoms with Gasteiger partial charge in [-0.2, -0.15) is 0 Å². The molecule has 5 N–H and O–H groups in total. The first-order valence-electron chi connectivity index (χ1n) is 10.9. The third-order valence-corrected chi connectivity index (χ3v) is 6.50. The Balaban J connectivity index is 1.29. The molecular weight excluding hydrogens is 422 g/mol. The summed E-state index contributed by atoms with van der Waals surface area (Å²) in [6.45, 7) is 2.57. The van der Waals surface area contributed by atoms with Crippen LogP contribution in [-0.2, 0) is 31.9 Å². The van der Waals surface area contributed by atoms with Crippen LogP contribution in [0.2, 0.25) is 0 Å². The van der Waals surface area contributed by atoms with E-state index in [1.165, 1.54) is 23.6 Å². The SMILES string of the molecule is C[C@H](O[C@@H]1O[C@H](C(=O)O)[C@@H](O)[C@@H](O)[C@@H]1O)C(=O)NCC[C@@H]1CCc2ccc3c(c21)CCO3. The molecule has 7 atom stereocenters. The molecule has 0 spiro atoms. The molecule has 1 aliphatic carbocycles. The number of aliphatic hydroxyl groups excluding tert-OH is 3. The van der Waals surface area contributed by atoms with Crippen molar-refractivity contribution >= 4 is 11.9 Å². The van der Waals surface area contributed by atoms with E-state index in [0.717, 1.165) is 31.4 Å². The van der Waals surface area contributed by atoms with Crippen LogP contribution < -0.4 is 10.1 Å². The molecule has 32 heavy (non-hydrogen) atoms. The van der Waals surface area contributed by atoms with Gasteiger partial charge in [0.25, 0.3) is 0 Å². The van der Waals surface area contributed by atoms with Crippen molar-refractivity contribution in [2.24, 2.45) is 0 Å². The highest BCUT2D eigenvalue weighted by Gasteiger charge is 2.48. The summed E-state index contributed by atoms with van der Waals surface area (Å²) in [5.41, 5.74) is 3.98. The van der Waals surface area contributed by atoms with Crippen molar-refractivity contribution in [2.45, 2.75) is 75.3 Å². The Morgan fingerprint density at radius 1 is 1.19 bits per heavy atom. The topological polar surface area (TPSA) is 155 Å². The lowest BCUT2D eigenvalue weighted by atomic mass is 9.92. The van der Waals surface area contributed by atoms with Gasteiger partial charge in [0.1, 0.15) is 30.2 Å². The molecule has 1 aromatic rings. The van der Waals surface area contributed by atoms with Crippen LogP contribution in [0.1, 0.15) is 42.4 Å². The zero-order chi connectivity index (χ0) is 23.0. The van der Waals surface area contributed by atoms with Gasteiger partial charge in [0.05, 0.1) is 6.61 Å². The van der Waals surface area contributed by atoms with Gasteiger partial charge in [-0.05, 0) is 49.3 Å². The first kappa shape index (κ1) is 22.9. The average Bonchev–Trinajstić information content (AvgIpc) is 3.40. The predicted molar refractivity (Wildman–Crippen MR) is 109 cm³/mol. The Morgan fingerprint density at radius 2 is 1.97 bits per heavy atom. The highest BCUT2D eigenvalue weighted by Crippen LogP contribution is 2.43. The minimum atomic E-state index is -1.81. The minimum Gasteiger partial charge on any atom is -0.493 e. The van der Waals surface area contributed by atoms with Gasteiger partial charge in [-0.1, -0.05) is 6.07 Å². The lowest BCUT2D eigenvalue weighted by Gasteiger charge is -2.39. The van der Waals surface area contributed by atoms with E-state index in [4.69, 9.17) is 19.3 Å². The fraction of sp³-hybridized carbons (Fsp3) is 0.636. The molecule has 10 heteroatoms. The number of aryl methyl sites for hydroxylation is 1. The van der Waals surface area contributed by atoms with Gasteiger partial charge in [0.2, 0.25) is 5.91 Å². The monoisotopic (exact) mass is 451 g/mol. The normalized spacial score (nSPS) is 32.0. The van der Waals surface area contributed by atoms with Crippen molar-refractivity contribution in [3.05, 3.63) is 28.8 Å². The van der Waals surface area contributed by atoms with Gasteiger partial charge >= 0.3 is 5.97 Å². The van der Waals surface area contributed by atoms with Crippen molar-refractivity contribution in [1.82, 2.24) is 5.32 Å². The van der Waals surface area contributed by atoms with E-state index in [2.05, 4.69) is 11.4 Å². The quantitative estimate of drug-likeness (QED) is 0.367. The molecule has 2 heterocycles. The van der Waals surface area contributed by atoms with Gasteiger partial charge in [-0.15, -0.1) is 0 Å². The highest BCUT2D eigenvalue weighted by atomic mass is 16.7. The maximum absolute atomic E-state index is 12.5. The number of carbonyl (C=O) groups is 2. The molecule has 0 unspecified atom stereocenters. The van der Waals surface area contributed by atoms with Crippen LogP contribution in [0, 0.1) is 0 Å². The number of benzene rings is 1. The molecule has 1 amide bonds. The Kier molecular flexibility index (Phi) is 6.68. The van der Waals surface area contributed by atoms with E-state index >= 15 is 0 Å². The highest BCUT2D eigenvalue weighted by molar-refractivity contribution is 5.80. The van der Waals surface area contributed by atoms with Crippen LogP contribution in [0.15, 0.2) is 12.1 Å². The standard InChI is InChI=1S/C22H29NO9/c1-10(31-22-18(26)16(24)17(25)19(32-22)21(28)29)20(27)23-8-6-12-3-2-11-4-5-14-13(15(11)12)7-9-30-14/h4-5,10,12,16-19,22,24-26H,2-3,6-9H2,1H3,(H,23,27)(H,28,29)/t10-,12-,16+,17-,18-,19-,22+/m0/s1. The Hall–Kier alpha value is -2.24. The Labute approximate surface area is 185 Å². The molecule has 1 aromatic carbocycles. The molecule has 2 aliphatic heterocycles. The van der Waals surface area contributed by atoms with Crippen LogP contribution in [0.3, 0.4) is 0 Å². The summed E-state index contributed by atoms with van der Waals surface area (Å²) in [6, 6.07) is 4.16. The maximum Gasteiger partial charge on any atom is 0.335 e. The number of carboxylic acids is 1. The third kappa shape index (κ3) is 4.33. The molecule has 0 aromatic heterocycles. The van der Waals surface area contributed by atoms with Gasteiger partial charge in [0.15, 0.2) is 12.4 Å². The molecule has 1 saturated heterocycles. The summed E-state index contributed by atoms with van der Waals surface area (Å²) in [5.74, 6) is -0.662. The molecule has 4 rings (SSSR count). The van der Waals surface area contributed by atoms with Crippen molar-refractivity contribution < 1.29 is 44.2 Å². The zero-order valence-electron chi connectivity index (χ0n) is 17.8. The van der Waals surface area contributed by atoms with Crippen LogP contribution in [0.4, 0.5) is 0 Å². The largest absolute Gasteiger partial charge is 0.493 e. The van der Waals surface area contributed by atoms with Crippen LogP contribution in [0.5, 0.6) is 5.75 Å². The molecule has 10 nitrogen and oxygen atoms in total. The van der Waals surface area contributed by atoms with Gasteiger partial charge in [-0.3, -0.25) is 4.79 Å². The smallest absolute Gasteiger partial charge is 0.335 e. The van der Waals surface area contributed by atoms with Crippen molar-refractivity contribution in [1.29, 1.82) is 0 Å². The number of fused-ring (bicyclic) bond motifs is 3.